The summed E-state index contributed by atoms with van der Waals surface area (Å²) in [7, 11) is -3.16. The highest BCUT2D eigenvalue weighted by atomic mass is 79.9. The van der Waals surface area contributed by atoms with E-state index in [1.54, 1.807) is 39.0 Å². The van der Waals surface area contributed by atoms with E-state index in [9.17, 15) is 8.42 Å². The summed E-state index contributed by atoms with van der Waals surface area (Å²) < 4.78 is 29.2. The zero-order valence-electron chi connectivity index (χ0n) is 10.7. The van der Waals surface area contributed by atoms with Crippen molar-refractivity contribution in [1.82, 2.24) is 0 Å². The van der Waals surface area contributed by atoms with Gasteiger partial charge in [0.1, 0.15) is 12.4 Å². The van der Waals surface area contributed by atoms with E-state index in [2.05, 4.69) is 15.9 Å². The van der Waals surface area contributed by atoms with Crippen LogP contribution in [0.15, 0.2) is 22.7 Å². The van der Waals surface area contributed by atoms with E-state index in [1.165, 1.54) is 0 Å². The molecule has 18 heavy (non-hydrogen) atoms. The highest BCUT2D eigenvalue weighted by Crippen LogP contribution is 2.25. The Morgan fingerprint density at radius 1 is 1.33 bits per heavy atom. The number of nitrogen functional groups attached to an aromatic ring is 1. The summed E-state index contributed by atoms with van der Waals surface area (Å²) in [6.07, 6.45) is 0. The molecule has 0 radical (unpaired) electrons. The Morgan fingerprint density at radius 3 is 2.44 bits per heavy atom. The number of sulfone groups is 1. The van der Waals surface area contributed by atoms with Gasteiger partial charge in [-0.1, -0.05) is 15.9 Å². The average molecular weight is 336 g/mol. The number of nitrogens with two attached hydrogens (primary N) is 1. The number of hydrogen-bond donors (Lipinski definition) is 1. The summed E-state index contributed by atoms with van der Waals surface area (Å²) in [6, 6.07) is 5.22. The van der Waals surface area contributed by atoms with Crippen LogP contribution in [0.5, 0.6) is 5.75 Å². The van der Waals surface area contributed by atoms with Crippen molar-refractivity contribution in [1.29, 1.82) is 0 Å². The molecule has 0 aromatic heterocycles. The zero-order chi connectivity index (χ0) is 14.0. The number of halogens is 1. The van der Waals surface area contributed by atoms with Crippen molar-refractivity contribution in [3.63, 3.8) is 0 Å². The monoisotopic (exact) mass is 335 g/mol. The van der Waals surface area contributed by atoms with Crippen LogP contribution in [-0.2, 0) is 9.84 Å². The molecule has 0 amide bonds. The van der Waals surface area contributed by atoms with E-state index in [0.717, 1.165) is 4.47 Å². The summed E-state index contributed by atoms with van der Waals surface area (Å²) in [5.74, 6) is 0.480. The van der Waals surface area contributed by atoms with Crippen molar-refractivity contribution >= 4 is 31.5 Å². The third-order valence-electron chi connectivity index (χ3n) is 2.51. The number of rotatable bonds is 4. The molecule has 0 aliphatic heterocycles. The largest absolute Gasteiger partial charge is 0.490 e. The van der Waals surface area contributed by atoms with Gasteiger partial charge in [-0.3, -0.25) is 0 Å². The van der Waals surface area contributed by atoms with Crippen LogP contribution in [0.2, 0.25) is 0 Å². The summed E-state index contributed by atoms with van der Waals surface area (Å²) in [6.45, 7) is 5.13. The molecule has 6 heteroatoms. The second-order valence-electron chi connectivity index (χ2n) is 4.96. The Kier molecular flexibility index (Phi) is 4.66. The van der Waals surface area contributed by atoms with Gasteiger partial charge in [0.25, 0.3) is 0 Å². The smallest absolute Gasteiger partial charge is 0.158 e. The van der Waals surface area contributed by atoms with Gasteiger partial charge in [-0.15, -0.1) is 0 Å². The molecule has 1 rings (SSSR count). The fourth-order valence-electron chi connectivity index (χ4n) is 1.22. The zero-order valence-corrected chi connectivity index (χ0v) is 13.1. The van der Waals surface area contributed by atoms with E-state index < -0.39 is 14.6 Å². The Morgan fingerprint density at radius 2 is 1.94 bits per heavy atom. The lowest BCUT2D eigenvalue weighted by Gasteiger charge is -2.19. The predicted octanol–water partition coefficient (Wildman–Crippen LogP) is 2.62. The maximum Gasteiger partial charge on any atom is 0.158 e. The van der Waals surface area contributed by atoms with E-state index in [-0.39, 0.29) is 12.4 Å². The van der Waals surface area contributed by atoms with Crippen molar-refractivity contribution in [2.45, 2.75) is 25.5 Å². The molecule has 1 aromatic carbocycles. The molecular weight excluding hydrogens is 318 g/mol. The topological polar surface area (TPSA) is 69.4 Å². The van der Waals surface area contributed by atoms with E-state index in [4.69, 9.17) is 10.5 Å². The Balaban J connectivity index is 2.63. The lowest BCUT2D eigenvalue weighted by atomic mass is 10.3. The highest BCUT2D eigenvalue weighted by Gasteiger charge is 2.28. The Hall–Kier alpha value is -0.750. The van der Waals surface area contributed by atoms with Crippen LogP contribution in [-0.4, -0.2) is 25.5 Å². The van der Waals surface area contributed by atoms with Gasteiger partial charge in [-0.2, -0.15) is 0 Å². The first-order valence-corrected chi connectivity index (χ1v) is 7.98. The standard InChI is InChI=1S/C12H18BrNO3S/c1-12(2,3)18(15,16)7-6-17-11-5-4-9(13)8-10(11)14/h4-5,8H,6-7,14H2,1-3H3. The molecule has 2 N–H and O–H groups in total. The van der Waals surface area contributed by atoms with Crippen LogP contribution < -0.4 is 10.5 Å². The maximum absolute atomic E-state index is 11.9. The van der Waals surface area contributed by atoms with Gasteiger partial charge in [0.2, 0.25) is 0 Å². The highest BCUT2D eigenvalue weighted by molar-refractivity contribution is 9.10. The molecule has 0 aliphatic rings. The first-order chi connectivity index (χ1) is 8.13. The van der Waals surface area contributed by atoms with Crippen molar-refractivity contribution in [2.75, 3.05) is 18.1 Å². The van der Waals surface area contributed by atoms with Gasteiger partial charge >= 0.3 is 0 Å². The summed E-state index contributed by atoms with van der Waals surface area (Å²) in [5, 5.41) is 0. The molecule has 0 unspecified atom stereocenters. The minimum Gasteiger partial charge on any atom is -0.490 e. The van der Waals surface area contributed by atoms with Crippen molar-refractivity contribution in [3.8, 4) is 5.75 Å². The molecule has 0 bridgehead atoms. The maximum atomic E-state index is 11.9. The second-order valence-corrected chi connectivity index (χ2v) is 8.74. The van der Waals surface area contributed by atoms with Crippen LogP contribution in [0.4, 0.5) is 5.69 Å². The molecule has 0 aliphatic carbocycles. The lowest BCUT2D eigenvalue weighted by Crippen LogP contribution is -2.32. The first-order valence-electron chi connectivity index (χ1n) is 5.53. The van der Waals surface area contributed by atoms with Crippen molar-refractivity contribution < 1.29 is 13.2 Å². The fourth-order valence-corrected chi connectivity index (χ4v) is 2.51. The average Bonchev–Trinajstić information content (AvgIpc) is 2.19. The van der Waals surface area contributed by atoms with Crippen molar-refractivity contribution in [2.24, 2.45) is 0 Å². The normalized spacial score (nSPS) is 12.4. The van der Waals surface area contributed by atoms with Crippen molar-refractivity contribution in [3.05, 3.63) is 22.7 Å². The summed E-state index contributed by atoms with van der Waals surface area (Å²) in [5.41, 5.74) is 6.24. The Labute approximate surface area is 117 Å². The van der Waals surface area contributed by atoms with Gasteiger partial charge in [0.05, 0.1) is 16.2 Å². The molecule has 0 saturated carbocycles. The van der Waals surface area contributed by atoms with Crippen LogP contribution in [0, 0.1) is 0 Å². The molecule has 0 spiro atoms. The molecule has 1 aromatic rings. The summed E-state index contributed by atoms with van der Waals surface area (Å²) >= 11 is 3.29. The molecule has 0 heterocycles. The molecule has 0 atom stereocenters. The molecule has 102 valence electrons. The van der Waals surface area contributed by atoms with E-state index >= 15 is 0 Å². The van der Waals surface area contributed by atoms with Gasteiger partial charge in [-0.25, -0.2) is 8.42 Å². The van der Waals surface area contributed by atoms with Crippen LogP contribution >= 0.6 is 15.9 Å². The molecule has 0 fully saturated rings. The van der Waals surface area contributed by atoms with Gasteiger partial charge < -0.3 is 10.5 Å². The van der Waals surface area contributed by atoms with E-state index in [0.29, 0.717) is 11.4 Å². The Bertz CT molecular complexity index is 521. The van der Waals surface area contributed by atoms with E-state index in [1.807, 2.05) is 0 Å². The fraction of sp³-hybridized carbons (Fsp3) is 0.500. The van der Waals surface area contributed by atoms with Gasteiger partial charge in [0, 0.05) is 4.47 Å². The third-order valence-corrected chi connectivity index (χ3v) is 5.58. The quantitative estimate of drug-likeness (QED) is 0.858. The number of benzene rings is 1. The molecule has 0 saturated heterocycles. The van der Waals surface area contributed by atoms with Crippen LogP contribution in [0.3, 0.4) is 0 Å². The third kappa shape index (κ3) is 3.88. The predicted molar refractivity (Wildman–Crippen MR) is 77.6 cm³/mol. The SMILES string of the molecule is CC(C)(C)S(=O)(=O)CCOc1ccc(Br)cc1N. The number of ether oxygens (including phenoxy) is 1. The minimum atomic E-state index is -3.16. The minimum absolute atomic E-state index is 0.0218. The molecule has 4 nitrogen and oxygen atoms in total. The van der Waals surface area contributed by atoms with Gasteiger partial charge in [0.15, 0.2) is 9.84 Å². The van der Waals surface area contributed by atoms with Crippen LogP contribution in [0.25, 0.3) is 0 Å². The number of anilines is 1. The molecular formula is C12H18BrNO3S. The van der Waals surface area contributed by atoms with Crippen LogP contribution in [0.1, 0.15) is 20.8 Å². The number of hydrogen-bond acceptors (Lipinski definition) is 4. The van der Waals surface area contributed by atoms with Gasteiger partial charge in [-0.05, 0) is 39.0 Å². The second kappa shape index (κ2) is 5.48. The summed E-state index contributed by atoms with van der Waals surface area (Å²) in [4.78, 5) is 0. The lowest BCUT2D eigenvalue weighted by molar-refractivity contribution is 0.341. The first kappa shape index (κ1) is 15.3.